The van der Waals surface area contributed by atoms with Crippen LogP contribution in [0.4, 0.5) is 25.8 Å². The summed E-state index contributed by atoms with van der Waals surface area (Å²) in [7, 11) is 0. The molecule has 0 aliphatic rings. The van der Waals surface area contributed by atoms with Crippen molar-refractivity contribution in [1.82, 2.24) is 29.8 Å². The molecule has 3 aromatic heterocycles. The number of nitrogens with zero attached hydrogens (tertiary/aromatic N) is 8. The Bertz CT molecular complexity index is 2610. The number of hydrogen-bond donors (Lipinski definition) is 1. The number of H-pyrrole nitrogens is 1. The van der Waals surface area contributed by atoms with Gasteiger partial charge in [-0.05, 0) is 53.6 Å². The molecule has 0 bridgehead atoms. The van der Waals surface area contributed by atoms with Gasteiger partial charge in [0.25, 0.3) is 17.1 Å². The molecule has 15 nitrogen and oxygen atoms in total. The average molecular weight is 809 g/mol. The molecule has 0 radical (unpaired) electrons. The first kappa shape index (κ1) is 38.2. The van der Waals surface area contributed by atoms with Crippen LogP contribution in [0.3, 0.4) is 0 Å². The van der Waals surface area contributed by atoms with Crippen molar-refractivity contribution in [3.05, 3.63) is 172 Å². The number of fused-ring (bicyclic) bond motifs is 3. The summed E-state index contributed by atoms with van der Waals surface area (Å²) >= 11 is 17.8. The van der Waals surface area contributed by atoms with Crippen LogP contribution in [0.2, 0.25) is 15.5 Å². The second-order valence-electron chi connectivity index (χ2n) is 11.6. The van der Waals surface area contributed by atoms with Crippen molar-refractivity contribution in [1.29, 1.82) is 0 Å². The zero-order valence-electron chi connectivity index (χ0n) is 27.6. The van der Waals surface area contributed by atoms with Crippen LogP contribution in [0.25, 0.3) is 32.7 Å². The molecule has 20 heteroatoms. The van der Waals surface area contributed by atoms with E-state index in [0.29, 0.717) is 51.0 Å². The minimum atomic E-state index is -0.486. The molecule has 0 fully saturated rings. The molecule has 3 heterocycles. The Kier molecular flexibility index (Phi) is 11.3. The first-order chi connectivity index (χ1) is 26.3. The fourth-order valence-corrected chi connectivity index (χ4v) is 6.10. The second kappa shape index (κ2) is 16.2. The number of benzene rings is 5. The molecule has 0 aliphatic heterocycles. The first-order valence-electron chi connectivity index (χ1n) is 15.6. The highest BCUT2D eigenvalue weighted by Gasteiger charge is 2.16. The van der Waals surface area contributed by atoms with E-state index in [1.807, 2.05) is 0 Å². The molecule has 0 unspecified atom stereocenters. The minimum Gasteiger partial charge on any atom is -0.266 e. The highest BCUT2D eigenvalue weighted by Crippen LogP contribution is 2.29. The Labute approximate surface area is 321 Å². The van der Waals surface area contributed by atoms with E-state index in [1.165, 1.54) is 60.7 Å². The Morgan fingerprint density at radius 2 is 1.00 bits per heavy atom. The molecule has 0 saturated carbocycles. The smallest absolute Gasteiger partial charge is 0.266 e. The number of nitro groups is 3. The molecule has 278 valence electrons. The van der Waals surface area contributed by atoms with Crippen molar-refractivity contribution in [2.45, 2.75) is 13.1 Å². The van der Waals surface area contributed by atoms with E-state index in [9.17, 15) is 39.1 Å². The summed E-state index contributed by atoms with van der Waals surface area (Å²) in [6, 6.07) is 25.4. The van der Waals surface area contributed by atoms with Crippen molar-refractivity contribution in [2.24, 2.45) is 0 Å². The molecular weight excluding hydrogens is 787 g/mol. The third kappa shape index (κ3) is 8.81. The molecule has 0 atom stereocenters. The molecule has 0 spiro atoms. The summed E-state index contributed by atoms with van der Waals surface area (Å²) in [4.78, 5) is 30.5. The lowest BCUT2D eigenvalue weighted by Gasteiger charge is -2.03. The van der Waals surface area contributed by atoms with E-state index in [-0.39, 0.29) is 39.0 Å². The van der Waals surface area contributed by atoms with E-state index < -0.39 is 14.8 Å². The molecule has 55 heavy (non-hydrogen) atoms. The van der Waals surface area contributed by atoms with E-state index in [0.717, 1.165) is 11.1 Å². The molecule has 0 amide bonds. The van der Waals surface area contributed by atoms with Gasteiger partial charge in [-0.1, -0.05) is 59.1 Å². The van der Waals surface area contributed by atoms with Crippen LogP contribution in [0, 0.1) is 42.0 Å². The van der Waals surface area contributed by atoms with E-state index in [4.69, 9.17) is 34.8 Å². The Morgan fingerprint density at radius 3 is 1.42 bits per heavy atom. The van der Waals surface area contributed by atoms with Crippen LogP contribution >= 0.6 is 34.8 Å². The maximum absolute atomic E-state index is 13.2. The van der Waals surface area contributed by atoms with Gasteiger partial charge < -0.3 is 0 Å². The van der Waals surface area contributed by atoms with Gasteiger partial charge in [0.1, 0.15) is 16.8 Å². The number of nitrogens with one attached hydrogen (secondary N) is 1. The molecule has 1 N–H and O–H groups in total. The molecule has 0 aliphatic carbocycles. The summed E-state index contributed by atoms with van der Waals surface area (Å²) in [5.41, 5.74) is 3.32. The summed E-state index contributed by atoms with van der Waals surface area (Å²) in [5, 5.41) is 48.9. The number of aromatic amines is 1. The quantitative estimate of drug-likeness (QED) is 0.120. The predicted octanol–water partition coefficient (Wildman–Crippen LogP) is 9.70. The maximum Gasteiger partial charge on any atom is 0.270 e. The van der Waals surface area contributed by atoms with Crippen LogP contribution in [0.5, 0.6) is 0 Å². The average Bonchev–Trinajstić information content (AvgIpc) is 3.79. The van der Waals surface area contributed by atoms with Crippen molar-refractivity contribution in [2.75, 3.05) is 0 Å². The predicted molar refractivity (Wildman–Crippen MR) is 202 cm³/mol. The third-order valence-corrected chi connectivity index (χ3v) is 8.79. The lowest BCUT2D eigenvalue weighted by atomic mass is 10.2. The summed E-state index contributed by atoms with van der Waals surface area (Å²) in [6.07, 6.45) is 0. The molecule has 8 aromatic rings. The highest BCUT2D eigenvalue weighted by atomic mass is 35.5. The van der Waals surface area contributed by atoms with Crippen LogP contribution in [-0.4, -0.2) is 44.5 Å². The summed E-state index contributed by atoms with van der Waals surface area (Å²) < 4.78 is 29.6. The van der Waals surface area contributed by atoms with Crippen LogP contribution in [0.15, 0.2) is 103 Å². The van der Waals surface area contributed by atoms with E-state index in [2.05, 4.69) is 20.4 Å². The standard InChI is InChI=1S/2C14H9ClFN3O2.C7H4ClN3O2/c2*15-14-12-7-11(19(20)21)4-5-13(12)18(17-14)8-9-2-1-3-10(16)6-9;8-7-5-3-4(11(12)13)1-2-6(5)9-10-7/h2*1-7H,8H2;1-3H,(H,9,10). The van der Waals surface area contributed by atoms with E-state index in [1.54, 1.807) is 51.8 Å². The number of non-ortho nitro benzene ring substituents is 3. The number of nitro benzene ring substituents is 3. The SMILES string of the molecule is O=[N+]([O-])c1ccc2c(c1)c(Cl)nn2Cc1cccc(F)c1.O=[N+]([O-])c1ccc2c(c1)c(Cl)nn2Cc1cccc(F)c1.O=[N+]([O-])c1ccc2n[nH]c(Cl)c2c1. The Morgan fingerprint density at radius 1 is 0.582 bits per heavy atom. The van der Waals surface area contributed by atoms with Crippen molar-refractivity contribution < 1.29 is 23.6 Å². The van der Waals surface area contributed by atoms with Crippen molar-refractivity contribution >= 4 is 84.6 Å². The summed E-state index contributed by atoms with van der Waals surface area (Å²) in [6.45, 7) is 0.664. The highest BCUT2D eigenvalue weighted by molar-refractivity contribution is 6.35. The minimum absolute atomic E-state index is 0.0100. The van der Waals surface area contributed by atoms with Gasteiger partial charge in [0.15, 0.2) is 10.3 Å². The zero-order valence-corrected chi connectivity index (χ0v) is 29.9. The van der Waals surface area contributed by atoms with Gasteiger partial charge in [0.2, 0.25) is 0 Å². The van der Waals surface area contributed by atoms with Gasteiger partial charge in [-0.2, -0.15) is 15.3 Å². The Balaban J connectivity index is 0.000000145. The van der Waals surface area contributed by atoms with Gasteiger partial charge in [-0.15, -0.1) is 0 Å². The normalized spacial score (nSPS) is 10.9. The third-order valence-electron chi connectivity index (χ3n) is 7.94. The fraction of sp³-hybridized carbons (Fsp3) is 0.0571. The first-order valence-corrected chi connectivity index (χ1v) is 16.8. The van der Waals surface area contributed by atoms with Gasteiger partial charge in [0.05, 0.1) is 44.4 Å². The summed E-state index contributed by atoms with van der Waals surface area (Å²) in [5.74, 6) is -0.656. The van der Waals surface area contributed by atoms with Crippen LogP contribution in [0.1, 0.15) is 11.1 Å². The molecule has 0 saturated heterocycles. The van der Waals surface area contributed by atoms with Gasteiger partial charge in [0, 0.05) is 52.6 Å². The monoisotopic (exact) mass is 807 g/mol. The van der Waals surface area contributed by atoms with Crippen molar-refractivity contribution in [3.8, 4) is 0 Å². The number of hydrogen-bond acceptors (Lipinski definition) is 9. The largest absolute Gasteiger partial charge is 0.270 e. The Hall–Kier alpha value is -6.56. The van der Waals surface area contributed by atoms with E-state index >= 15 is 0 Å². The molecular formula is C35H22Cl3F2N9O6. The fourth-order valence-electron chi connectivity index (χ4n) is 5.42. The topological polar surface area (TPSA) is 194 Å². The van der Waals surface area contributed by atoms with Crippen LogP contribution < -0.4 is 0 Å². The zero-order chi connectivity index (χ0) is 39.4. The lowest BCUT2D eigenvalue weighted by Crippen LogP contribution is -2.01. The van der Waals surface area contributed by atoms with Gasteiger partial charge in [-0.25, -0.2) is 8.78 Å². The second-order valence-corrected chi connectivity index (χ2v) is 12.7. The lowest BCUT2D eigenvalue weighted by molar-refractivity contribution is -0.384. The van der Waals surface area contributed by atoms with Crippen molar-refractivity contribution in [3.63, 3.8) is 0 Å². The molecule has 5 aromatic carbocycles. The number of halogens is 5. The number of aromatic nitrogens is 6. The van der Waals surface area contributed by atoms with Gasteiger partial charge >= 0.3 is 0 Å². The number of rotatable bonds is 7. The van der Waals surface area contributed by atoms with Crippen LogP contribution in [-0.2, 0) is 13.1 Å². The maximum atomic E-state index is 13.2. The molecule has 8 rings (SSSR count). The van der Waals surface area contributed by atoms with Gasteiger partial charge in [-0.3, -0.25) is 44.8 Å².